The van der Waals surface area contributed by atoms with E-state index in [-0.39, 0.29) is 0 Å². The number of hydrogen-bond donors (Lipinski definition) is 0. The first kappa shape index (κ1) is 17.0. The maximum Gasteiger partial charge on any atom is -0.0146 e. The molecule has 0 aliphatic rings. The van der Waals surface area contributed by atoms with Crippen LogP contribution in [0, 0.1) is 18.6 Å². The van der Waals surface area contributed by atoms with Gasteiger partial charge in [0.2, 0.25) is 0 Å². The first-order valence-corrected chi connectivity index (χ1v) is 8.33. The second-order valence-corrected chi connectivity index (χ2v) is 5.83. The lowest BCUT2D eigenvalue weighted by Crippen LogP contribution is -2.04. The van der Waals surface area contributed by atoms with Gasteiger partial charge in [0.25, 0.3) is 0 Å². The van der Waals surface area contributed by atoms with Crippen LogP contribution in [0.4, 0.5) is 0 Å². The number of benzene rings is 1. The summed E-state index contributed by atoms with van der Waals surface area (Å²) >= 11 is 0. The SMILES string of the molecule is [CH]=Cc1cc(CC(CC)CCCC)[c]cc1CCCC. The van der Waals surface area contributed by atoms with Crippen molar-refractivity contribution in [3.8, 4) is 0 Å². The van der Waals surface area contributed by atoms with E-state index < -0.39 is 0 Å². The molecule has 20 heavy (non-hydrogen) atoms. The Kier molecular flexibility index (Phi) is 8.34. The van der Waals surface area contributed by atoms with Crippen LogP contribution in [0.5, 0.6) is 0 Å². The third kappa shape index (κ3) is 5.53. The van der Waals surface area contributed by atoms with E-state index in [9.17, 15) is 0 Å². The highest BCUT2D eigenvalue weighted by atomic mass is 14.1. The summed E-state index contributed by atoms with van der Waals surface area (Å²) in [6, 6.07) is 7.90. The normalized spacial score (nSPS) is 12.3. The lowest BCUT2D eigenvalue weighted by molar-refractivity contribution is 0.449. The van der Waals surface area contributed by atoms with Gasteiger partial charge in [-0.05, 0) is 47.9 Å². The lowest BCUT2D eigenvalue weighted by atomic mass is 9.90. The summed E-state index contributed by atoms with van der Waals surface area (Å²) in [4.78, 5) is 0. The molecule has 1 rings (SSSR count). The fraction of sp³-hybridized carbons (Fsp3) is 0.600. The van der Waals surface area contributed by atoms with Gasteiger partial charge in [-0.3, -0.25) is 0 Å². The van der Waals surface area contributed by atoms with E-state index in [0.29, 0.717) is 0 Å². The first-order valence-electron chi connectivity index (χ1n) is 8.33. The molecule has 0 aliphatic carbocycles. The van der Waals surface area contributed by atoms with Gasteiger partial charge in [0, 0.05) is 0 Å². The van der Waals surface area contributed by atoms with Crippen molar-refractivity contribution in [2.75, 3.05) is 0 Å². The van der Waals surface area contributed by atoms with E-state index in [1.807, 2.05) is 0 Å². The van der Waals surface area contributed by atoms with Crippen LogP contribution in [0.15, 0.2) is 12.1 Å². The van der Waals surface area contributed by atoms with Gasteiger partial charge < -0.3 is 0 Å². The molecule has 0 heterocycles. The summed E-state index contributed by atoms with van der Waals surface area (Å²) in [6.07, 6.45) is 11.7. The smallest absolute Gasteiger partial charge is 0.0146 e. The highest BCUT2D eigenvalue weighted by Gasteiger charge is 2.09. The summed E-state index contributed by atoms with van der Waals surface area (Å²) in [5.41, 5.74) is 3.88. The molecule has 110 valence electrons. The van der Waals surface area contributed by atoms with E-state index in [0.717, 1.165) is 18.8 Å². The second kappa shape index (κ2) is 9.80. The largest absolute Gasteiger partial charge is 0.0654 e. The summed E-state index contributed by atoms with van der Waals surface area (Å²) in [7, 11) is 0. The number of rotatable bonds is 10. The van der Waals surface area contributed by atoms with Crippen molar-refractivity contribution < 1.29 is 0 Å². The molecule has 0 spiro atoms. The molecule has 0 saturated carbocycles. The van der Waals surface area contributed by atoms with Gasteiger partial charge in [0.05, 0.1) is 0 Å². The lowest BCUT2D eigenvalue weighted by Gasteiger charge is -2.15. The van der Waals surface area contributed by atoms with Gasteiger partial charge in [-0.15, -0.1) is 0 Å². The van der Waals surface area contributed by atoms with Crippen molar-refractivity contribution in [3.63, 3.8) is 0 Å². The van der Waals surface area contributed by atoms with E-state index >= 15 is 0 Å². The third-order valence-electron chi connectivity index (χ3n) is 4.16. The summed E-state index contributed by atoms with van der Waals surface area (Å²) in [5, 5.41) is 0. The van der Waals surface area contributed by atoms with Crippen LogP contribution in [0.2, 0.25) is 0 Å². The molecule has 0 saturated heterocycles. The zero-order chi connectivity index (χ0) is 14.8. The zero-order valence-corrected chi connectivity index (χ0v) is 13.5. The average Bonchev–Trinajstić information content (AvgIpc) is 2.49. The van der Waals surface area contributed by atoms with Crippen molar-refractivity contribution in [1.82, 2.24) is 0 Å². The molecule has 0 N–H and O–H groups in total. The van der Waals surface area contributed by atoms with Crippen LogP contribution in [0.25, 0.3) is 6.08 Å². The van der Waals surface area contributed by atoms with Crippen molar-refractivity contribution in [3.05, 3.63) is 41.5 Å². The molecule has 0 bridgehead atoms. The molecule has 0 nitrogen and oxygen atoms in total. The predicted octanol–water partition coefficient (Wildman–Crippen LogP) is 6.03. The molecule has 0 amide bonds. The Morgan fingerprint density at radius 2 is 1.95 bits per heavy atom. The standard InChI is InChI=1S/C20H30/c1-5-9-11-17(7-3)15-18-13-14-20(12-10-6-2)19(8-4)16-18/h4,8,14,16-17H,5-7,9-12,15H2,1-3H3. The van der Waals surface area contributed by atoms with Gasteiger partial charge in [-0.25, -0.2) is 0 Å². The highest BCUT2D eigenvalue weighted by molar-refractivity contribution is 5.52. The molecule has 1 unspecified atom stereocenters. The minimum atomic E-state index is 0.790. The molecule has 0 fully saturated rings. The molecule has 0 aliphatic heterocycles. The molecular formula is C20H30. The van der Waals surface area contributed by atoms with Crippen molar-refractivity contribution in [2.45, 2.75) is 72.1 Å². The molecule has 1 aromatic carbocycles. The van der Waals surface area contributed by atoms with Gasteiger partial charge in [-0.1, -0.05) is 77.7 Å². The third-order valence-corrected chi connectivity index (χ3v) is 4.16. The van der Waals surface area contributed by atoms with E-state index in [2.05, 4.69) is 39.0 Å². The molecule has 0 heteroatoms. The summed E-state index contributed by atoms with van der Waals surface area (Å²) in [6.45, 7) is 12.6. The first-order chi connectivity index (χ1) is 9.74. The monoisotopic (exact) mass is 270 g/mol. The maximum atomic E-state index is 5.80. The Balaban J connectivity index is 2.73. The quantitative estimate of drug-likeness (QED) is 0.486. The van der Waals surface area contributed by atoms with E-state index in [4.69, 9.17) is 6.58 Å². The van der Waals surface area contributed by atoms with E-state index in [1.54, 1.807) is 6.08 Å². The number of hydrogen-bond acceptors (Lipinski definition) is 0. The van der Waals surface area contributed by atoms with Crippen LogP contribution >= 0.6 is 0 Å². The highest BCUT2D eigenvalue weighted by Crippen LogP contribution is 2.21. The van der Waals surface area contributed by atoms with Crippen molar-refractivity contribution in [2.24, 2.45) is 5.92 Å². The fourth-order valence-corrected chi connectivity index (χ4v) is 2.70. The zero-order valence-electron chi connectivity index (χ0n) is 13.5. The maximum absolute atomic E-state index is 5.80. The fourth-order valence-electron chi connectivity index (χ4n) is 2.70. The number of unbranched alkanes of at least 4 members (excludes halogenated alkanes) is 2. The minimum Gasteiger partial charge on any atom is -0.0654 e. The molecule has 1 aromatic rings. The average molecular weight is 270 g/mol. The minimum absolute atomic E-state index is 0.790. The topological polar surface area (TPSA) is 0 Å². The molecular weight excluding hydrogens is 240 g/mol. The molecule has 0 aromatic heterocycles. The van der Waals surface area contributed by atoms with Crippen molar-refractivity contribution >= 4 is 6.08 Å². The molecule has 2 radical (unpaired) electrons. The summed E-state index contributed by atoms with van der Waals surface area (Å²) < 4.78 is 0. The Morgan fingerprint density at radius 3 is 2.55 bits per heavy atom. The predicted molar refractivity (Wildman–Crippen MR) is 89.7 cm³/mol. The van der Waals surface area contributed by atoms with Gasteiger partial charge in [0.1, 0.15) is 0 Å². The van der Waals surface area contributed by atoms with Crippen LogP contribution in [-0.4, -0.2) is 0 Å². The van der Waals surface area contributed by atoms with Crippen LogP contribution in [0.1, 0.15) is 76.0 Å². The van der Waals surface area contributed by atoms with Gasteiger partial charge in [-0.2, -0.15) is 0 Å². The van der Waals surface area contributed by atoms with Gasteiger partial charge in [0.15, 0.2) is 0 Å². The van der Waals surface area contributed by atoms with Crippen LogP contribution < -0.4 is 0 Å². The Hall–Kier alpha value is -1.04. The van der Waals surface area contributed by atoms with E-state index in [1.165, 1.54) is 55.2 Å². The van der Waals surface area contributed by atoms with Gasteiger partial charge >= 0.3 is 0 Å². The number of aryl methyl sites for hydroxylation is 1. The Morgan fingerprint density at radius 1 is 1.20 bits per heavy atom. The second-order valence-electron chi connectivity index (χ2n) is 5.83. The molecule has 1 atom stereocenters. The van der Waals surface area contributed by atoms with Crippen LogP contribution in [0.3, 0.4) is 0 Å². The Labute approximate surface area is 126 Å². The van der Waals surface area contributed by atoms with Crippen molar-refractivity contribution in [1.29, 1.82) is 0 Å². The van der Waals surface area contributed by atoms with Crippen LogP contribution in [-0.2, 0) is 12.8 Å². The summed E-state index contributed by atoms with van der Waals surface area (Å²) in [5.74, 6) is 0.790. The Bertz CT molecular complexity index is 389.